The second-order valence-electron chi connectivity index (χ2n) is 4.12. The average molecular weight is 259 g/mol. The maximum Gasteiger partial charge on any atom is 0.233 e. The van der Waals surface area contributed by atoms with Crippen molar-refractivity contribution in [1.82, 2.24) is 4.90 Å². The SMILES string of the molecule is CC(C)N(C(=O)CSC(=N)N=C(N)N)C(C)C. The summed E-state index contributed by atoms with van der Waals surface area (Å²) in [6.07, 6.45) is 0. The average Bonchev–Trinajstić information content (AvgIpc) is 2.12. The van der Waals surface area contributed by atoms with E-state index in [1.54, 1.807) is 4.90 Å². The molecule has 1 amide bonds. The maximum atomic E-state index is 11.9. The molecule has 0 radical (unpaired) electrons. The predicted molar refractivity (Wildman–Crippen MR) is 73.1 cm³/mol. The van der Waals surface area contributed by atoms with Crippen molar-refractivity contribution in [3.63, 3.8) is 0 Å². The summed E-state index contributed by atoms with van der Waals surface area (Å²) in [4.78, 5) is 17.2. The van der Waals surface area contributed by atoms with Crippen molar-refractivity contribution in [3.8, 4) is 0 Å². The van der Waals surface area contributed by atoms with E-state index < -0.39 is 0 Å². The number of nitrogens with one attached hydrogen (secondary N) is 1. The van der Waals surface area contributed by atoms with E-state index >= 15 is 0 Å². The topological polar surface area (TPSA) is 109 Å². The Kier molecular flexibility index (Phi) is 6.64. The van der Waals surface area contributed by atoms with Crippen molar-refractivity contribution in [2.45, 2.75) is 39.8 Å². The summed E-state index contributed by atoms with van der Waals surface area (Å²) in [6.45, 7) is 7.85. The molecule has 0 atom stereocenters. The summed E-state index contributed by atoms with van der Waals surface area (Å²) >= 11 is 1.02. The van der Waals surface area contributed by atoms with Gasteiger partial charge in [-0.15, -0.1) is 0 Å². The predicted octanol–water partition coefficient (Wildman–Crippen LogP) is 0.573. The number of hydrogen-bond acceptors (Lipinski definition) is 3. The Bertz CT molecular complexity index is 302. The Balaban J connectivity index is 4.34. The molecule has 17 heavy (non-hydrogen) atoms. The summed E-state index contributed by atoms with van der Waals surface area (Å²) in [6, 6.07) is 0.278. The first-order valence-corrected chi connectivity index (χ1v) is 6.36. The van der Waals surface area contributed by atoms with Gasteiger partial charge in [0.1, 0.15) is 0 Å². The van der Waals surface area contributed by atoms with Gasteiger partial charge in [0.05, 0.1) is 5.75 Å². The molecule has 0 heterocycles. The molecule has 7 heteroatoms. The summed E-state index contributed by atoms with van der Waals surface area (Å²) in [5, 5.41) is 7.36. The number of carbonyl (C=O) groups is 1. The van der Waals surface area contributed by atoms with E-state index in [0.717, 1.165) is 11.8 Å². The highest BCUT2D eigenvalue weighted by molar-refractivity contribution is 8.14. The molecule has 0 bridgehead atoms. The maximum absolute atomic E-state index is 11.9. The number of carbonyl (C=O) groups excluding carboxylic acids is 1. The fourth-order valence-corrected chi connectivity index (χ4v) is 2.11. The molecule has 0 rings (SSSR count). The first kappa shape index (κ1) is 15.8. The molecule has 0 saturated heterocycles. The zero-order chi connectivity index (χ0) is 13.6. The highest BCUT2D eigenvalue weighted by Gasteiger charge is 2.20. The molecule has 0 aromatic rings. The van der Waals surface area contributed by atoms with Crippen LogP contribution in [0.2, 0.25) is 0 Å². The third-order valence-corrected chi connectivity index (χ3v) is 2.72. The first-order valence-electron chi connectivity index (χ1n) is 5.37. The van der Waals surface area contributed by atoms with Crippen LogP contribution >= 0.6 is 11.8 Å². The minimum Gasteiger partial charge on any atom is -0.370 e. The van der Waals surface area contributed by atoms with Crippen LogP contribution in [0.5, 0.6) is 0 Å². The number of nitrogens with zero attached hydrogens (tertiary/aromatic N) is 2. The van der Waals surface area contributed by atoms with Crippen LogP contribution in [0.4, 0.5) is 0 Å². The highest BCUT2D eigenvalue weighted by Crippen LogP contribution is 2.11. The van der Waals surface area contributed by atoms with Crippen LogP contribution in [0.25, 0.3) is 0 Å². The van der Waals surface area contributed by atoms with E-state index in [1.165, 1.54) is 0 Å². The van der Waals surface area contributed by atoms with Crippen LogP contribution in [-0.2, 0) is 4.79 Å². The van der Waals surface area contributed by atoms with Gasteiger partial charge in [0, 0.05) is 12.1 Å². The Morgan fingerprint density at radius 2 is 1.76 bits per heavy atom. The zero-order valence-corrected chi connectivity index (χ0v) is 11.5. The van der Waals surface area contributed by atoms with Crippen LogP contribution in [-0.4, -0.2) is 39.8 Å². The van der Waals surface area contributed by atoms with E-state index in [4.69, 9.17) is 16.9 Å². The van der Waals surface area contributed by atoms with Gasteiger partial charge in [-0.3, -0.25) is 10.2 Å². The number of rotatable bonds is 4. The van der Waals surface area contributed by atoms with Crippen molar-refractivity contribution in [1.29, 1.82) is 5.41 Å². The normalized spacial score (nSPS) is 10.5. The Labute approximate surface area is 106 Å². The smallest absolute Gasteiger partial charge is 0.233 e. The van der Waals surface area contributed by atoms with Crippen molar-refractivity contribution in [2.24, 2.45) is 16.5 Å². The largest absolute Gasteiger partial charge is 0.370 e. The Morgan fingerprint density at radius 3 is 2.12 bits per heavy atom. The van der Waals surface area contributed by atoms with Gasteiger partial charge in [-0.2, -0.15) is 4.99 Å². The molecule has 0 fully saturated rings. The number of nitrogens with two attached hydrogens (primary N) is 2. The minimum atomic E-state index is -0.167. The molecule has 0 aliphatic rings. The van der Waals surface area contributed by atoms with Crippen LogP contribution in [0.15, 0.2) is 4.99 Å². The third kappa shape index (κ3) is 6.15. The molecule has 0 spiro atoms. The molecular weight excluding hydrogens is 238 g/mol. The van der Waals surface area contributed by atoms with Gasteiger partial charge in [0.2, 0.25) is 5.91 Å². The number of thioether (sulfide) groups is 1. The summed E-state index contributed by atoms with van der Waals surface area (Å²) in [5.74, 6) is -0.0125. The molecule has 5 N–H and O–H groups in total. The molecule has 6 nitrogen and oxygen atoms in total. The van der Waals surface area contributed by atoms with Gasteiger partial charge in [-0.1, -0.05) is 11.8 Å². The van der Waals surface area contributed by atoms with E-state index in [0.29, 0.717) is 0 Å². The van der Waals surface area contributed by atoms with Crippen molar-refractivity contribution in [2.75, 3.05) is 5.75 Å². The van der Waals surface area contributed by atoms with Crippen LogP contribution in [0.1, 0.15) is 27.7 Å². The van der Waals surface area contributed by atoms with Gasteiger partial charge in [-0.05, 0) is 27.7 Å². The third-order valence-electron chi connectivity index (χ3n) is 1.96. The lowest BCUT2D eigenvalue weighted by Gasteiger charge is -2.30. The summed E-state index contributed by atoms with van der Waals surface area (Å²) < 4.78 is 0. The van der Waals surface area contributed by atoms with Crippen molar-refractivity contribution < 1.29 is 4.79 Å². The van der Waals surface area contributed by atoms with E-state index in [9.17, 15) is 4.79 Å². The quantitative estimate of drug-likeness (QED) is 0.506. The summed E-state index contributed by atoms with van der Waals surface area (Å²) in [7, 11) is 0. The first-order chi connectivity index (χ1) is 7.75. The van der Waals surface area contributed by atoms with Gasteiger partial charge >= 0.3 is 0 Å². The number of hydrogen-bond donors (Lipinski definition) is 3. The lowest BCUT2D eigenvalue weighted by molar-refractivity contribution is -0.131. The van der Waals surface area contributed by atoms with Crippen molar-refractivity contribution >= 4 is 28.8 Å². The van der Waals surface area contributed by atoms with E-state index in [-0.39, 0.29) is 34.9 Å². The van der Waals surface area contributed by atoms with Gasteiger partial charge in [0.25, 0.3) is 0 Å². The lowest BCUT2D eigenvalue weighted by Crippen LogP contribution is -2.43. The molecule has 0 aromatic heterocycles. The Hall–Kier alpha value is -1.24. The van der Waals surface area contributed by atoms with Crippen molar-refractivity contribution in [3.05, 3.63) is 0 Å². The fraction of sp³-hybridized carbons (Fsp3) is 0.700. The summed E-state index contributed by atoms with van der Waals surface area (Å²) in [5.41, 5.74) is 10.3. The molecular formula is C10H21N5OS. The number of amides is 1. The number of guanidine groups is 1. The van der Waals surface area contributed by atoms with Gasteiger partial charge < -0.3 is 16.4 Å². The van der Waals surface area contributed by atoms with Crippen LogP contribution in [0, 0.1) is 5.41 Å². The van der Waals surface area contributed by atoms with E-state index in [1.807, 2.05) is 27.7 Å². The number of amidine groups is 1. The standard InChI is InChI=1S/C10H21N5OS/c1-6(2)15(7(3)4)8(16)5-17-10(13)14-9(11)12/h6-7H,5H2,1-4H3,(H5,11,12,13,14). The Morgan fingerprint density at radius 1 is 1.29 bits per heavy atom. The van der Waals surface area contributed by atoms with Crippen LogP contribution in [0.3, 0.4) is 0 Å². The highest BCUT2D eigenvalue weighted by atomic mass is 32.2. The second-order valence-corrected chi connectivity index (χ2v) is 5.08. The monoisotopic (exact) mass is 259 g/mol. The minimum absolute atomic E-state index is 0.0180. The molecule has 0 aliphatic heterocycles. The fourth-order valence-electron chi connectivity index (χ4n) is 1.53. The number of aliphatic imine (C=N–C) groups is 1. The van der Waals surface area contributed by atoms with Gasteiger partial charge in [-0.25, -0.2) is 0 Å². The molecule has 0 aromatic carbocycles. The lowest BCUT2D eigenvalue weighted by atomic mass is 10.2. The van der Waals surface area contributed by atoms with E-state index in [2.05, 4.69) is 4.99 Å². The molecule has 0 saturated carbocycles. The second kappa shape index (κ2) is 7.16. The van der Waals surface area contributed by atoms with Crippen LogP contribution < -0.4 is 11.5 Å². The zero-order valence-electron chi connectivity index (χ0n) is 10.7. The molecule has 0 unspecified atom stereocenters. The molecule has 98 valence electrons. The van der Waals surface area contributed by atoms with Gasteiger partial charge in [0.15, 0.2) is 11.1 Å². The molecule has 0 aliphatic carbocycles.